The number of pyridine rings is 1. The molecule has 2 heterocycles. The van der Waals surface area contributed by atoms with Crippen LogP contribution in [0.1, 0.15) is 50.4 Å². The lowest BCUT2D eigenvalue weighted by molar-refractivity contribution is -0.151. The van der Waals surface area contributed by atoms with E-state index in [1.807, 2.05) is 32.2 Å². The predicted molar refractivity (Wildman–Crippen MR) is 105 cm³/mol. The topological polar surface area (TPSA) is 63.0 Å². The lowest BCUT2D eigenvalue weighted by Crippen LogP contribution is -2.25. The van der Waals surface area contributed by atoms with E-state index < -0.39 is 5.60 Å². The average Bonchev–Trinajstić information content (AvgIpc) is 3.11. The summed E-state index contributed by atoms with van der Waals surface area (Å²) >= 11 is 2.94. The molecule has 3 rings (SSSR count). The lowest BCUT2D eigenvalue weighted by atomic mass is 9.89. The Bertz CT molecular complexity index is 846. The molecule has 0 bridgehead atoms. The zero-order valence-electron chi connectivity index (χ0n) is 15.3. The molecule has 6 heteroatoms. The van der Waals surface area contributed by atoms with Crippen molar-refractivity contribution in [2.75, 3.05) is 5.75 Å². The van der Waals surface area contributed by atoms with E-state index in [0.29, 0.717) is 10.6 Å². The number of thioether (sulfide) groups is 1. The minimum Gasteiger partial charge on any atom is -0.459 e. The van der Waals surface area contributed by atoms with Gasteiger partial charge in [0.2, 0.25) is 0 Å². The zero-order valence-corrected chi connectivity index (χ0v) is 16.9. The van der Waals surface area contributed by atoms with E-state index >= 15 is 0 Å². The van der Waals surface area contributed by atoms with Crippen LogP contribution in [-0.4, -0.2) is 22.3 Å². The van der Waals surface area contributed by atoms with E-state index in [9.17, 15) is 10.1 Å². The molecule has 136 valence electrons. The van der Waals surface area contributed by atoms with Gasteiger partial charge in [-0.25, -0.2) is 4.98 Å². The standard InChI is InChI=1S/C20H22N2O2S2/c1-20(2,3)24-17(23)12-26-19-14(11-21)18(16-9-6-10-25-16)13-7-4-5-8-15(13)22-19/h6,9-10H,4-5,7-8,12H2,1-3H3. The van der Waals surface area contributed by atoms with Crippen LogP contribution in [0.4, 0.5) is 0 Å². The largest absolute Gasteiger partial charge is 0.459 e. The Hall–Kier alpha value is -1.84. The number of hydrogen-bond acceptors (Lipinski definition) is 6. The van der Waals surface area contributed by atoms with Crippen LogP contribution in [0.3, 0.4) is 0 Å². The smallest absolute Gasteiger partial charge is 0.316 e. The average molecular weight is 387 g/mol. The number of thiophene rings is 1. The number of aromatic nitrogens is 1. The second kappa shape index (κ2) is 7.81. The molecule has 0 saturated carbocycles. The van der Waals surface area contributed by atoms with Crippen molar-refractivity contribution in [2.45, 2.75) is 57.1 Å². The van der Waals surface area contributed by atoms with Gasteiger partial charge in [-0.15, -0.1) is 11.3 Å². The summed E-state index contributed by atoms with van der Waals surface area (Å²) in [5.74, 6) is -0.134. The van der Waals surface area contributed by atoms with E-state index in [0.717, 1.165) is 41.8 Å². The molecule has 0 spiro atoms. The van der Waals surface area contributed by atoms with Gasteiger partial charge in [0.05, 0.1) is 11.3 Å². The van der Waals surface area contributed by atoms with Crippen molar-refractivity contribution in [1.29, 1.82) is 5.26 Å². The molecule has 2 aromatic rings. The molecule has 26 heavy (non-hydrogen) atoms. The molecule has 0 N–H and O–H groups in total. The second-order valence-electron chi connectivity index (χ2n) is 7.26. The van der Waals surface area contributed by atoms with Gasteiger partial charge in [-0.2, -0.15) is 5.26 Å². The minimum atomic E-state index is -0.513. The molecule has 0 aliphatic heterocycles. The van der Waals surface area contributed by atoms with Crippen LogP contribution in [0.2, 0.25) is 0 Å². The lowest BCUT2D eigenvalue weighted by Gasteiger charge is -2.22. The predicted octanol–water partition coefficient (Wildman–Crippen LogP) is 4.99. The number of carbonyl (C=O) groups is 1. The fourth-order valence-corrected chi connectivity index (χ4v) is 4.70. The van der Waals surface area contributed by atoms with Crippen molar-refractivity contribution in [3.8, 4) is 16.5 Å². The highest BCUT2D eigenvalue weighted by atomic mass is 32.2. The van der Waals surface area contributed by atoms with Crippen molar-refractivity contribution in [3.05, 3.63) is 34.3 Å². The fraction of sp³-hybridized carbons (Fsp3) is 0.450. The van der Waals surface area contributed by atoms with Crippen LogP contribution >= 0.6 is 23.1 Å². The van der Waals surface area contributed by atoms with Crippen LogP contribution in [0.5, 0.6) is 0 Å². The van der Waals surface area contributed by atoms with E-state index in [-0.39, 0.29) is 11.7 Å². The van der Waals surface area contributed by atoms with E-state index in [1.54, 1.807) is 11.3 Å². The number of esters is 1. The van der Waals surface area contributed by atoms with Gasteiger partial charge in [0.1, 0.15) is 16.7 Å². The highest BCUT2D eigenvalue weighted by molar-refractivity contribution is 7.99. The van der Waals surface area contributed by atoms with Crippen molar-refractivity contribution in [1.82, 2.24) is 4.98 Å². The number of nitriles is 1. The number of nitrogens with zero attached hydrogens (tertiary/aromatic N) is 2. The summed E-state index contributed by atoms with van der Waals surface area (Å²) in [5.41, 5.74) is 3.36. The third kappa shape index (κ3) is 4.28. The SMILES string of the molecule is CC(C)(C)OC(=O)CSc1nc2c(c(-c3cccs3)c1C#N)CCCC2. The first-order valence-corrected chi connectivity index (χ1v) is 10.6. The third-order valence-electron chi connectivity index (χ3n) is 4.07. The van der Waals surface area contributed by atoms with E-state index in [1.165, 1.54) is 17.3 Å². The number of fused-ring (bicyclic) bond motifs is 1. The molecular formula is C20H22N2O2S2. The number of aryl methyl sites for hydroxylation is 1. The van der Waals surface area contributed by atoms with Crippen LogP contribution in [0, 0.1) is 11.3 Å². The molecule has 0 unspecified atom stereocenters. The third-order valence-corrected chi connectivity index (χ3v) is 5.90. The zero-order chi connectivity index (χ0) is 18.7. The maximum atomic E-state index is 12.1. The maximum absolute atomic E-state index is 12.1. The van der Waals surface area contributed by atoms with Crippen molar-refractivity contribution < 1.29 is 9.53 Å². The Balaban J connectivity index is 1.97. The molecule has 0 radical (unpaired) electrons. The molecule has 0 aromatic carbocycles. The first-order valence-electron chi connectivity index (χ1n) is 8.73. The Kier molecular flexibility index (Phi) is 5.69. The number of rotatable bonds is 4. The molecule has 0 fully saturated rings. The van der Waals surface area contributed by atoms with Crippen LogP contribution in [0.15, 0.2) is 22.5 Å². The van der Waals surface area contributed by atoms with Gasteiger partial charge < -0.3 is 4.74 Å². The van der Waals surface area contributed by atoms with Gasteiger partial charge in [-0.3, -0.25) is 4.79 Å². The molecule has 2 aromatic heterocycles. The summed E-state index contributed by atoms with van der Waals surface area (Å²) in [6.45, 7) is 5.55. The van der Waals surface area contributed by atoms with Gasteiger partial charge in [0.15, 0.2) is 0 Å². The Morgan fingerprint density at radius 1 is 1.38 bits per heavy atom. The van der Waals surface area contributed by atoms with Crippen LogP contribution in [-0.2, 0) is 22.4 Å². The fourth-order valence-electron chi connectivity index (χ4n) is 3.12. The number of ether oxygens (including phenoxy) is 1. The van der Waals surface area contributed by atoms with Crippen LogP contribution in [0.25, 0.3) is 10.4 Å². The van der Waals surface area contributed by atoms with E-state index in [2.05, 4.69) is 12.1 Å². The van der Waals surface area contributed by atoms with E-state index in [4.69, 9.17) is 9.72 Å². The highest BCUT2D eigenvalue weighted by Crippen LogP contribution is 2.39. The number of carbonyl (C=O) groups excluding carboxylic acids is 1. The molecule has 1 aliphatic carbocycles. The van der Waals surface area contributed by atoms with Gasteiger partial charge in [0.25, 0.3) is 0 Å². The summed E-state index contributed by atoms with van der Waals surface area (Å²) in [4.78, 5) is 17.9. The van der Waals surface area contributed by atoms with Gasteiger partial charge >= 0.3 is 5.97 Å². The first-order chi connectivity index (χ1) is 12.4. The molecule has 0 amide bonds. The minimum absolute atomic E-state index is 0.154. The molecular weight excluding hydrogens is 364 g/mol. The highest BCUT2D eigenvalue weighted by Gasteiger charge is 2.24. The van der Waals surface area contributed by atoms with Crippen LogP contribution < -0.4 is 0 Å². The summed E-state index contributed by atoms with van der Waals surface area (Å²) in [6.07, 6.45) is 4.13. The van der Waals surface area contributed by atoms with Crippen molar-refractivity contribution >= 4 is 29.1 Å². The van der Waals surface area contributed by atoms with Gasteiger partial charge in [0, 0.05) is 16.1 Å². The molecule has 1 aliphatic rings. The van der Waals surface area contributed by atoms with Crippen molar-refractivity contribution in [3.63, 3.8) is 0 Å². The molecule has 4 nitrogen and oxygen atoms in total. The Morgan fingerprint density at radius 3 is 2.81 bits per heavy atom. The molecule has 0 atom stereocenters. The normalized spacial score (nSPS) is 13.8. The summed E-state index contributed by atoms with van der Waals surface area (Å²) in [7, 11) is 0. The number of hydrogen-bond donors (Lipinski definition) is 0. The quantitative estimate of drug-likeness (QED) is 0.547. The summed E-state index contributed by atoms with van der Waals surface area (Å²) < 4.78 is 5.38. The Morgan fingerprint density at radius 2 is 2.15 bits per heavy atom. The van der Waals surface area contributed by atoms with Gasteiger partial charge in [-0.1, -0.05) is 17.8 Å². The van der Waals surface area contributed by atoms with Crippen molar-refractivity contribution in [2.24, 2.45) is 0 Å². The molecule has 0 saturated heterocycles. The Labute approximate surface area is 162 Å². The summed E-state index contributed by atoms with van der Waals surface area (Å²) in [6, 6.07) is 6.40. The second-order valence-corrected chi connectivity index (χ2v) is 9.18. The van der Waals surface area contributed by atoms with Gasteiger partial charge in [-0.05, 0) is 63.5 Å². The first kappa shape index (κ1) is 18.9. The summed E-state index contributed by atoms with van der Waals surface area (Å²) in [5, 5.41) is 12.5. The monoisotopic (exact) mass is 386 g/mol. The maximum Gasteiger partial charge on any atom is 0.316 e.